The second-order valence-electron chi connectivity index (χ2n) is 5.49. The van der Waals surface area contributed by atoms with E-state index in [1.54, 1.807) is 10.9 Å². The van der Waals surface area contributed by atoms with Gasteiger partial charge in [0.15, 0.2) is 4.90 Å². The van der Waals surface area contributed by atoms with Crippen molar-refractivity contribution in [3.63, 3.8) is 0 Å². The summed E-state index contributed by atoms with van der Waals surface area (Å²) in [5.74, 6) is 0. The van der Waals surface area contributed by atoms with Crippen molar-refractivity contribution in [1.82, 2.24) is 9.78 Å². The summed E-state index contributed by atoms with van der Waals surface area (Å²) < 4.78 is 24.9. The number of nitrogens with one attached hydrogen (secondary N) is 1. The van der Waals surface area contributed by atoms with Crippen molar-refractivity contribution in [2.24, 2.45) is 5.14 Å². The van der Waals surface area contributed by atoms with E-state index >= 15 is 0 Å². The number of nitrogens with zero attached hydrogens (tertiary/aromatic N) is 3. The summed E-state index contributed by atoms with van der Waals surface area (Å²) in [7, 11) is -4.23. The number of nitrogens with two attached hydrogens (primary N) is 1. The van der Waals surface area contributed by atoms with Crippen LogP contribution in [0.15, 0.2) is 65.8 Å². The Morgan fingerprint density at radius 1 is 1.15 bits per heavy atom. The summed E-state index contributed by atoms with van der Waals surface area (Å²) in [5, 5.41) is 23.4. The number of anilines is 2. The van der Waals surface area contributed by atoms with E-state index in [1.165, 1.54) is 18.3 Å². The molecule has 3 aromatic rings. The van der Waals surface area contributed by atoms with E-state index in [9.17, 15) is 18.5 Å². The zero-order chi connectivity index (χ0) is 18.7. The Bertz CT molecular complexity index is 1050. The first-order valence-electron chi connectivity index (χ1n) is 7.48. The van der Waals surface area contributed by atoms with Crippen LogP contribution >= 0.6 is 0 Å². The average Bonchev–Trinajstić information content (AvgIpc) is 3.01. The fourth-order valence-electron chi connectivity index (χ4n) is 2.48. The molecule has 0 aliphatic carbocycles. The number of nitro benzene ring substituents is 1. The van der Waals surface area contributed by atoms with E-state index < -0.39 is 25.5 Å². The Kier molecular flexibility index (Phi) is 4.69. The first-order valence-corrected chi connectivity index (χ1v) is 9.03. The number of sulfonamides is 1. The minimum Gasteiger partial charge on any atom is -0.347 e. The maximum absolute atomic E-state index is 11.6. The van der Waals surface area contributed by atoms with Gasteiger partial charge in [-0.15, -0.1) is 0 Å². The number of nitro groups is 1. The van der Waals surface area contributed by atoms with Crippen molar-refractivity contribution < 1.29 is 13.3 Å². The maximum atomic E-state index is 11.6. The molecule has 0 spiro atoms. The normalized spacial score (nSPS) is 11.3. The highest BCUT2D eigenvalue weighted by Gasteiger charge is 2.26. The van der Waals surface area contributed by atoms with Crippen molar-refractivity contribution in [3.8, 4) is 0 Å². The molecule has 0 radical (unpaired) electrons. The topological polar surface area (TPSA) is 133 Å². The van der Waals surface area contributed by atoms with Gasteiger partial charge in [0.1, 0.15) is 5.69 Å². The number of hydrogen-bond donors (Lipinski definition) is 2. The fourth-order valence-corrected chi connectivity index (χ4v) is 3.20. The molecule has 2 aromatic carbocycles. The van der Waals surface area contributed by atoms with Gasteiger partial charge in [0.05, 0.1) is 23.4 Å². The van der Waals surface area contributed by atoms with E-state index in [-0.39, 0.29) is 5.69 Å². The van der Waals surface area contributed by atoms with Gasteiger partial charge in [-0.25, -0.2) is 13.6 Å². The van der Waals surface area contributed by atoms with Crippen LogP contribution in [0.25, 0.3) is 0 Å². The van der Waals surface area contributed by atoms with E-state index in [0.717, 1.165) is 11.6 Å². The molecule has 26 heavy (non-hydrogen) atoms. The van der Waals surface area contributed by atoms with E-state index in [2.05, 4.69) is 10.4 Å². The zero-order valence-electron chi connectivity index (χ0n) is 13.4. The molecule has 3 N–H and O–H groups in total. The molecule has 0 bridgehead atoms. The third-order valence-corrected chi connectivity index (χ3v) is 4.53. The van der Waals surface area contributed by atoms with Crippen LogP contribution in [0.4, 0.5) is 17.1 Å². The minimum absolute atomic E-state index is 0.0146. The van der Waals surface area contributed by atoms with Gasteiger partial charge in [0.2, 0.25) is 10.0 Å². The number of benzene rings is 2. The lowest BCUT2D eigenvalue weighted by Crippen LogP contribution is -2.15. The van der Waals surface area contributed by atoms with Gasteiger partial charge in [-0.1, -0.05) is 36.4 Å². The molecular weight excluding hydrogens is 358 g/mol. The zero-order valence-corrected chi connectivity index (χ0v) is 14.3. The summed E-state index contributed by atoms with van der Waals surface area (Å²) in [6.07, 6.45) is 3.16. The molecule has 0 saturated carbocycles. The number of aromatic nitrogens is 2. The molecule has 134 valence electrons. The molecular formula is C16H15N5O4S. The lowest BCUT2D eigenvalue weighted by atomic mass is 10.2. The van der Waals surface area contributed by atoms with Crippen molar-refractivity contribution in [1.29, 1.82) is 0 Å². The third-order valence-electron chi connectivity index (χ3n) is 3.59. The van der Waals surface area contributed by atoms with Crippen LogP contribution in [-0.4, -0.2) is 23.1 Å². The quantitative estimate of drug-likeness (QED) is 0.503. The molecule has 0 aliphatic rings. The largest absolute Gasteiger partial charge is 0.347 e. The lowest BCUT2D eigenvalue weighted by Gasteiger charge is -2.07. The SMILES string of the molecule is NS(=O)(=O)c1cccc(Nc2cnn(Cc3ccccc3)c2)c1[N+](=O)[O-]. The fraction of sp³-hybridized carbons (Fsp3) is 0.0625. The Morgan fingerprint density at radius 2 is 1.88 bits per heavy atom. The van der Waals surface area contributed by atoms with Crippen LogP contribution in [0.2, 0.25) is 0 Å². The van der Waals surface area contributed by atoms with Crippen molar-refractivity contribution in [2.75, 3.05) is 5.32 Å². The summed E-state index contributed by atoms with van der Waals surface area (Å²) >= 11 is 0. The molecule has 10 heteroatoms. The van der Waals surface area contributed by atoms with Gasteiger partial charge in [0, 0.05) is 6.20 Å². The number of rotatable bonds is 6. The standard InChI is InChI=1S/C16H15N5O4S/c17-26(24,25)15-8-4-7-14(16(15)21(22)23)19-13-9-18-20(11-13)10-12-5-2-1-3-6-12/h1-9,11,19H,10H2,(H2,17,24,25). The monoisotopic (exact) mass is 373 g/mol. The van der Waals surface area contributed by atoms with Crippen molar-refractivity contribution in [3.05, 3.63) is 76.6 Å². The first-order chi connectivity index (χ1) is 12.3. The average molecular weight is 373 g/mol. The second-order valence-corrected chi connectivity index (χ2v) is 7.02. The highest BCUT2D eigenvalue weighted by atomic mass is 32.2. The van der Waals surface area contributed by atoms with Gasteiger partial charge >= 0.3 is 5.69 Å². The van der Waals surface area contributed by atoms with Crippen LogP contribution in [0.3, 0.4) is 0 Å². The molecule has 0 saturated heterocycles. The molecule has 0 aliphatic heterocycles. The number of hydrogen-bond acceptors (Lipinski definition) is 6. The minimum atomic E-state index is -4.23. The van der Waals surface area contributed by atoms with Crippen molar-refractivity contribution in [2.45, 2.75) is 11.4 Å². The van der Waals surface area contributed by atoms with Crippen LogP contribution in [-0.2, 0) is 16.6 Å². The number of primary sulfonamides is 1. The predicted molar refractivity (Wildman–Crippen MR) is 95.5 cm³/mol. The van der Waals surface area contributed by atoms with Crippen molar-refractivity contribution >= 4 is 27.1 Å². The molecule has 0 unspecified atom stereocenters. The van der Waals surface area contributed by atoms with Crippen LogP contribution in [0, 0.1) is 10.1 Å². The molecule has 1 heterocycles. The van der Waals surface area contributed by atoms with Crippen LogP contribution < -0.4 is 10.5 Å². The molecule has 1 aromatic heterocycles. The molecule has 0 amide bonds. The van der Waals surface area contributed by atoms with E-state index in [1.807, 2.05) is 30.3 Å². The Morgan fingerprint density at radius 3 is 2.54 bits per heavy atom. The first kappa shape index (κ1) is 17.6. The highest BCUT2D eigenvalue weighted by Crippen LogP contribution is 2.33. The molecule has 0 fully saturated rings. The molecule has 9 nitrogen and oxygen atoms in total. The lowest BCUT2D eigenvalue weighted by molar-refractivity contribution is -0.386. The van der Waals surface area contributed by atoms with E-state index in [0.29, 0.717) is 12.2 Å². The van der Waals surface area contributed by atoms with Gasteiger partial charge < -0.3 is 5.32 Å². The third kappa shape index (κ3) is 3.87. The van der Waals surface area contributed by atoms with Gasteiger partial charge in [-0.2, -0.15) is 5.10 Å². The maximum Gasteiger partial charge on any atom is 0.312 e. The molecule has 3 rings (SSSR count). The second kappa shape index (κ2) is 6.94. The Labute approximate surface area is 149 Å². The molecule has 0 atom stereocenters. The predicted octanol–water partition coefficient (Wildman–Crippen LogP) is 2.23. The Hall–Kier alpha value is -3.24. The van der Waals surface area contributed by atoms with Gasteiger partial charge in [0.25, 0.3) is 0 Å². The summed E-state index contributed by atoms with van der Waals surface area (Å²) in [4.78, 5) is 10.0. The van der Waals surface area contributed by atoms with Gasteiger partial charge in [-0.3, -0.25) is 14.8 Å². The highest BCUT2D eigenvalue weighted by molar-refractivity contribution is 7.89. The smallest absolute Gasteiger partial charge is 0.312 e. The number of para-hydroxylation sites is 1. The van der Waals surface area contributed by atoms with Gasteiger partial charge in [-0.05, 0) is 17.7 Å². The Balaban J connectivity index is 1.89. The summed E-state index contributed by atoms with van der Waals surface area (Å²) in [5.41, 5.74) is 0.937. The van der Waals surface area contributed by atoms with Crippen LogP contribution in [0.5, 0.6) is 0 Å². The van der Waals surface area contributed by atoms with E-state index in [4.69, 9.17) is 5.14 Å². The van der Waals surface area contributed by atoms with Crippen LogP contribution in [0.1, 0.15) is 5.56 Å². The summed E-state index contributed by atoms with van der Waals surface area (Å²) in [6.45, 7) is 0.530. The summed E-state index contributed by atoms with van der Waals surface area (Å²) in [6, 6.07) is 13.5.